The van der Waals surface area contributed by atoms with Crippen LogP contribution in [0.4, 0.5) is 35.0 Å². The molecule has 0 saturated heterocycles. The summed E-state index contributed by atoms with van der Waals surface area (Å²) in [7, 11) is 0. The second-order valence-electron chi connectivity index (χ2n) is 7.07. The molecule has 1 aromatic carbocycles. The Morgan fingerprint density at radius 1 is 1.07 bits per heavy atom. The maximum atomic E-state index is 12.9. The third kappa shape index (κ3) is 6.33. The average molecular weight is 407 g/mol. The molecule has 1 saturated carbocycles. The van der Waals surface area contributed by atoms with E-state index in [0.29, 0.717) is 17.1 Å². The first-order chi connectivity index (χ1) is 13.9. The van der Waals surface area contributed by atoms with Crippen molar-refractivity contribution in [2.45, 2.75) is 50.7 Å². The number of benzene rings is 1. The number of alkyl halides is 3. The fourth-order valence-electron chi connectivity index (χ4n) is 3.62. The molecule has 1 aliphatic carbocycles. The summed E-state index contributed by atoms with van der Waals surface area (Å²) < 4.78 is 38.8. The van der Waals surface area contributed by atoms with Crippen LogP contribution in [0.1, 0.15) is 38.5 Å². The van der Waals surface area contributed by atoms with Crippen LogP contribution in [0.15, 0.2) is 43.0 Å². The van der Waals surface area contributed by atoms with Crippen molar-refractivity contribution >= 4 is 23.1 Å². The second kappa shape index (κ2) is 9.58. The standard InChI is InChI=1S/C20H24F3N5O/c21-20(22,23)10-11-28(16-6-2-1-3-7-16)18-9-5-4-8-17(18)27-19(29)26-15-12-24-14-25-13-15/h4-5,8-9,12-14,16H,1-3,6-7,10-11H2,(H2,26,27,29). The lowest BCUT2D eigenvalue weighted by atomic mass is 9.93. The molecule has 1 fully saturated rings. The van der Waals surface area contributed by atoms with E-state index in [2.05, 4.69) is 20.6 Å². The number of carbonyl (C=O) groups excluding carboxylic acids is 1. The molecule has 0 aliphatic heterocycles. The number of urea groups is 1. The van der Waals surface area contributed by atoms with Gasteiger partial charge in [0.15, 0.2) is 0 Å². The number of carbonyl (C=O) groups is 1. The number of para-hydroxylation sites is 2. The summed E-state index contributed by atoms with van der Waals surface area (Å²) in [4.78, 5) is 21.8. The molecule has 2 N–H and O–H groups in total. The summed E-state index contributed by atoms with van der Waals surface area (Å²) in [5.41, 5.74) is 1.49. The SMILES string of the molecule is O=C(Nc1cncnc1)Nc1ccccc1N(CCC(F)(F)F)C1CCCCC1. The van der Waals surface area contributed by atoms with Crippen LogP contribution < -0.4 is 15.5 Å². The fourth-order valence-corrected chi connectivity index (χ4v) is 3.62. The van der Waals surface area contributed by atoms with E-state index < -0.39 is 18.6 Å². The van der Waals surface area contributed by atoms with Crippen LogP contribution in [0.25, 0.3) is 0 Å². The van der Waals surface area contributed by atoms with Gasteiger partial charge in [-0.1, -0.05) is 31.4 Å². The van der Waals surface area contributed by atoms with Crippen LogP contribution >= 0.6 is 0 Å². The molecule has 0 atom stereocenters. The summed E-state index contributed by atoms with van der Waals surface area (Å²) in [6.45, 7) is -0.138. The molecule has 0 bridgehead atoms. The van der Waals surface area contributed by atoms with Gasteiger partial charge >= 0.3 is 12.2 Å². The molecule has 2 aromatic rings. The molecule has 3 rings (SSSR count). The minimum Gasteiger partial charge on any atom is -0.367 e. The van der Waals surface area contributed by atoms with E-state index in [0.717, 1.165) is 32.1 Å². The normalized spacial score (nSPS) is 15.0. The lowest BCUT2D eigenvalue weighted by Gasteiger charge is -2.37. The summed E-state index contributed by atoms with van der Waals surface area (Å²) >= 11 is 0. The van der Waals surface area contributed by atoms with Crippen molar-refractivity contribution in [1.82, 2.24) is 9.97 Å². The number of nitrogens with one attached hydrogen (secondary N) is 2. The summed E-state index contributed by atoms with van der Waals surface area (Å²) in [5.74, 6) is 0. The predicted octanol–water partition coefficient (Wildman–Crippen LogP) is 5.21. The molecular formula is C20H24F3N5O. The number of aromatic nitrogens is 2. The zero-order valence-corrected chi connectivity index (χ0v) is 16.0. The number of amides is 2. The highest BCUT2D eigenvalue weighted by Gasteiger charge is 2.31. The summed E-state index contributed by atoms with van der Waals surface area (Å²) in [6, 6.07) is 6.48. The van der Waals surface area contributed by atoms with Gasteiger partial charge in [-0.05, 0) is 25.0 Å². The average Bonchev–Trinajstić information content (AvgIpc) is 2.70. The topological polar surface area (TPSA) is 70.1 Å². The van der Waals surface area contributed by atoms with E-state index in [1.165, 1.54) is 18.7 Å². The monoisotopic (exact) mass is 407 g/mol. The Morgan fingerprint density at radius 2 is 1.76 bits per heavy atom. The lowest BCUT2D eigenvalue weighted by molar-refractivity contribution is -0.132. The highest BCUT2D eigenvalue weighted by atomic mass is 19.4. The third-order valence-corrected chi connectivity index (χ3v) is 4.93. The number of halogens is 3. The van der Waals surface area contributed by atoms with Crippen LogP contribution in [0.2, 0.25) is 0 Å². The lowest BCUT2D eigenvalue weighted by Crippen LogP contribution is -2.39. The molecule has 0 unspecified atom stereocenters. The van der Waals surface area contributed by atoms with Crippen molar-refractivity contribution in [1.29, 1.82) is 0 Å². The minimum absolute atomic E-state index is 0.0274. The maximum absolute atomic E-state index is 12.9. The van der Waals surface area contributed by atoms with E-state index in [1.54, 1.807) is 29.2 Å². The van der Waals surface area contributed by atoms with Crippen LogP contribution in [-0.2, 0) is 0 Å². The zero-order valence-electron chi connectivity index (χ0n) is 16.0. The van der Waals surface area contributed by atoms with Gasteiger partial charge in [0.05, 0.1) is 35.9 Å². The molecule has 0 spiro atoms. The Labute approximate surface area is 167 Å². The molecular weight excluding hydrogens is 383 g/mol. The number of hydrogen-bond acceptors (Lipinski definition) is 4. The Balaban J connectivity index is 1.79. The highest BCUT2D eigenvalue weighted by Crippen LogP contribution is 2.34. The van der Waals surface area contributed by atoms with Crippen LogP contribution in [0.5, 0.6) is 0 Å². The first-order valence-electron chi connectivity index (χ1n) is 9.68. The maximum Gasteiger partial charge on any atom is 0.390 e. The molecule has 9 heteroatoms. The Kier molecular flexibility index (Phi) is 6.90. The third-order valence-electron chi connectivity index (χ3n) is 4.93. The molecule has 2 amide bonds. The van der Waals surface area contributed by atoms with Gasteiger partial charge in [-0.2, -0.15) is 13.2 Å². The Bertz CT molecular complexity index is 794. The van der Waals surface area contributed by atoms with Gasteiger partial charge in [0.25, 0.3) is 0 Å². The van der Waals surface area contributed by atoms with Crippen molar-refractivity contribution in [2.75, 3.05) is 22.1 Å². The van der Waals surface area contributed by atoms with Gasteiger partial charge in [-0.25, -0.2) is 14.8 Å². The summed E-state index contributed by atoms with van der Waals surface area (Å²) in [6.07, 6.45) is 3.91. The first kappa shape index (κ1) is 20.9. The molecule has 29 heavy (non-hydrogen) atoms. The van der Waals surface area contributed by atoms with Crippen molar-refractivity contribution in [2.24, 2.45) is 0 Å². The van der Waals surface area contributed by atoms with Crippen molar-refractivity contribution < 1.29 is 18.0 Å². The van der Waals surface area contributed by atoms with Gasteiger partial charge < -0.3 is 15.5 Å². The van der Waals surface area contributed by atoms with E-state index in [4.69, 9.17) is 0 Å². The van der Waals surface area contributed by atoms with Crippen LogP contribution in [0, 0.1) is 0 Å². The van der Waals surface area contributed by atoms with Crippen molar-refractivity contribution in [3.63, 3.8) is 0 Å². The second-order valence-corrected chi connectivity index (χ2v) is 7.07. The van der Waals surface area contributed by atoms with Crippen LogP contribution in [-0.4, -0.2) is 34.8 Å². The molecule has 1 aromatic heterocycles. The van der Waals surface area contributed by atoms with Gasteiger partial charge in [0.1, 0.15) is 6.33 Å². The van der Waals surface area contributed by atoms with Gasteiger partial charge in [-0.15, -0.1) is 0 Å². The van der Waals surface area contributed by atoms with Gasteiger partial charge in [0.2, 0.25) is 0 Å². The van der Waals surface area contributed by atoms with E-state index in [1.807, 2.05) is 0 Å². The summed E-state index contributed by atoms with van der Waals surface area (Å²) in [5, 5.41) is 5.37. The molecule has 6 nitrogen and oxygen atoms in total. The number of anilines is 3. The van der Waals surface area contributed by atoms with Gasteiger partial charge in [-0.3, -0.25) is 0 Å². The first-order valence-corrected chi connectivity index (χ1v) is 9.68. The van der Waals surface area contributed by atoms with E-state index in [9.17, 15) is 18.0 Å². The fraction of sp³-hybridized carbons (Fsp3) is 0.450. The van der Waals surface area contributed by atoms with Gasteiger partial charge in [0, 0.05) is 12.6 Å². The highest BCUT2D eigenvalue weighted by molar-refractivity contribution is 6.01. The Morgan fingerprint density at radius 3 is 2.45 bits per heavy atom. The number of rotatable bonds is 6. The molecule has 156 valence electrons. The molecule has 1 aliphatic rings. The van der Waals surface area contributed by atoms with E-state index in [-0.39, 0.29) is 12.6 Å². The quantitative estimate of drug-likeness (QED) is 0.689. The number of hydrogen-bond donors (Lipinski definition) is 2. The molecule has 0 radical (unpaired) electrons. The Hall–Kier alpha value is -2.84. The van der Waals surface area contributed by atoms with Crippen molar-refractivity contribution in [3.8, 4) is 0 Å². The molecule has 1 heterocycles. The largest absolute Gasteiger partial charge is 0.390 e. The number of nitrogens with zero attached hydrogens (tertiary/aromatic N) is 3. The smallest absolute Gasteiger partial charge is 0.367 e. The van der Waals surface area contributed by atoms with E-state index >= 15 is 0 Å². The zero-order chi connectivity index (χ0) is 20.7. The minimum atomic E-state index is -4.24. The van der Waals surface area contributed by atoms with Crippen molar-refractivity contribution in [3.05, 3.63) is 43.0 Å². The van der Waals surface area contributed by atoms with Crippen LogP contribution in [0.3, 0.4) is 0 Å². The predicted molar refractivity (Wildman–Crippen MR) is 106 cm³/mol.